The Hall–Kier alpha value is -2.82. The molecule has 2 aromatic rings. The third-order valence-electron chi connectivity index (χ3n) is 7.09. The average molecular weight is 435 g/mol. The summed E-state index contributed by atoms with van der Waals surface area (Å²) in [6.45, 7) is 4.09. The van der Waals surface area contributed by atoms with Crippen molar-refractivity contribution in [3.63, 3.8) is 0 Å². The second-order valence-electron chi connectivity index (χ2n) is 9.11. The molecule has 1 N–H and O–H groups in total. The van der Waals surface area contributed by atoms with E-state index in [0.717, 1.165) is 49.0 Å². The van der Waals surface area contributed by atoms with Gasteiger partial charge in [0, 0.05) is 17.6 Å². The van der Waals surface area contributed by atoms with Gasteiger partial charge in [0.25, 0.3) is 5.91 Å². The number of rotatable bonds is 6. The summed E-state index contributed by atoms with van der Waals surface area (Å²) >= 11 is 0. The highest BCUT2D eigenvalue weighted by molar-refractivity contribution is 6.01. The first-order chi connectivity index (χ1) is 15.5. The van der Waals surface area contributed by atoms with Crippen LogP contribution in [0.15, 0.2) is 48.5 Å². The smallest absolute Gasteiger partial charge is 0.254 e. The lowest BCUT2D eigenvalue weighted by atomic mass is 9.77. The molecule has 2 aliphatic rings. The Morgan fingerprint density at radius 1 is 1.09 bits per heavy atom. The number of carbonyl (C=O) groups excluding carboxylic acids is 2. The fourth-order valence-electron chi connectivity index (χ4n) is 5.18. The Labute approximate surface area is 191 Å². The van der Waals surface area contributed by atoms with E-state index >= 15 is 0 Å². The molecule has 5 nitrogen and oxygen atoms in total. The van der Waals surface area contributed by atoms with Crippen LogP contribution in [0.3, 0.4) is 0 Å². The number of hydrogen-bond donors (Lipinski definition) is 1. The molecule has 170 valence electrons. The lowest BCUT2D eigenvalue weighted by Crippen LogP contribution is -2.52. The minimum absolute atomic E-state index is 0.0130. The van der Waals surface area contributed by atoms with Crippen LogP contribution in [-0.4, -0.2) is 35.9 Å². The molecule has 1 saturated carbocycles. The van der Waals surface area contributed by atoms with E-state index in [0.29, 0.717) is 5.56 Å². The first kappa shape index (κ1) is 22.4. The van der Waals surface area contributed by atoms with Gasteiger partial charge < -0.3 is 15.0 Å². The molecule has 2 aromatic carbocycles. The molecule has 0 spiro atoms. The normalized spacial score (nSPS) is 22.2. The van der Waals surface area contributed by atoms with Crippen LogP contribution in [0.2, 0.25) is 0 Å². The summed E-state index contributed by atoms with van der Waals surface area (Å²) in [5.41, 5.74) is 2.46. The van der Waals surface area contributed by atoms with Crippen molar-refractivity contribution < 1.29 is 14.3 Å². The van der Waals surface area contributed by atoms with Crippen molar-refractivity contribution in [2.45, 2.75) is 76.4 Å². The number of methoxy groups -OCH3 is 1. The first-order valence-corrected chi connectivity index (χ1v) is 11.9. The van der Waals surface area contributed by atoms with E-state index in [4.69, 9.17) is 4.74 Å². The largest absolute Gasteiger partial charge is 0.497 e. The SMILES string of the molecule is CC[C@H](C)NC(=O)[C@H]1c2ccccc2C(=O)N(C2CCCCC2)[C@H]1c1ccc(OC)cc1. The molecule has 2 amide bonds. The predicted octanol–water partition coefficient (Wildman–Crippen LogP) is 5.22. The van der Waals surface area contributed by atoms with Crippen LogP contribution < -0.4 is 10.1 Å². The number of nitrogens with zero attached hydrogens (tertiary/aromatic N) is 1. The molecule has 1 aliphatic carbocycles. The van der Waals surface area contributed by atoms with Gasteiger partial charge in [-0.2, -0.15) is 0 Å². The number of carbonyl (C=O) groups is 2. The van der Waals surface area contributed by atoms with Crippen LogP contribution >= 0.6 is 0 Å². The van der Waals surface area contributed by atoms with Gasteiger partial charge >= 0.3 is 0 Å². The van der Waals surface area contributed by atoms with Crippen molar-refractivity contribution in [1.29, 1.82) is 0 Å². The average Bonchev–Trinajstić information content (AvgIpc) is 2.84. The summed E-state index contributed by atoms with van der Waals surface area (Å²) in [5.74, 6) is 0.344. The molecular weight excluding hydrogens is 400 g/mol. The zero-order chi connectivity index (χ0) is 22.7. The van der Waals surface area contributed by atoms with Gasteiger partial charge in [-0.1, -0.05) is 56.5 Å². The van der Waals surface area contributed by atoms with Gasteiger partial charge in [-0.3, -0.25) is 9.59 Å². The highest BCUT2D eigenvalue weighted by Gasteiger charge is 2.46. The highest BCUT2D eigenvalue weighted by atomic mass is 16.5. The van der Waals surface area contributed by atoms with Crippen LogP contribution in [0, 0.1) is 0 Å². The van der Waals surface area contributed by atoms with Crippen molar-refractivity contribution in [3.05, 3.63) is 65.2 Å². The van der Waals surface area contributed by atoms with Crippen LogP contribution in [0.4, 0.5) is 0 Å². The van der Waals surface area contributed by atoms with Gasteiger partial charge in [0.15, 0.2) is 0 Å². The summed E-state index contributed by atoms with van der Waals surface area (Å²) < 4.78 is 5.36. The molecule has 0 saturated heterocycles. The van der Waals surface area contributed by atoms with Gasteiger partial charge in [0.1, 0.15) is 5.75 Å². The van der Waals surface area contributed by atoms with Gasteiger partial charge in [0.05, 0.1) is 19.1 Å². The zero-order valence-corrected chi connectivity index (χ0v) is 19.3. The van der Waals surface area contributed by atoms with Crippen molar-refractivity contribution in [3.8, 4) is 5.75 Å². The second kappa shape index (κ2) is 9.76. The van der Waals surface area contributed by atoms with Gasteiger partial charge in [-0.15, -0.1) is 0 Å². The van der Waals surface area contributed by atoms with Crippen LogP contribution in [-0.2, 0) is 4.79 Å². The summed E-state index contributed by atoms with van der Waals surface area (Å²) in [5, 5.41) is 3.20. The maximum Gasteiger partial charge on any atom is 0.254 e. The Bertz CT molecular complexity index is 950. The molecule has 0 radical (unpaired) electrons. The number of fused-ring (bicyclic) bond motifs is 1. The monoisotopic (exact) mass is 434 g/mol. The van der Waals surface area contributed by atoms with E-state index < -0.39 is 5.92 Å². The highest BCUT2D eigenvalue weighted by Crippen LogP contribution is 2.46. The quantitative estimate of drug-likeness (QED) is 0.678. The molecule has 1 heterocycles. The number of amides is 2. The molecule has 0 aromatic heterocycles. The molecule has 32 heavy (non-hydrogen) atoms. The third kappa shape index (κ3) is 4.25. The second-order valence-corrected chi connectivity index (χ2v) is 9.11. The zero-order valence-electron chi connectivity index (χ0n) is 19.3. The molecular formula is C27H34N2O3. The van der Waals surface area contributed by atoms with Gasteiger partial charge in [-0.05, 0) is 55.5 Å². The third-order valence-corrected chi connectivity index (χ3v) is 7.09. The minimum Gasteiger partial charge on any atom is -0.497 e. The minimum atomic E-state index is -0.451. The van der Waals surface area contributed by atoms with E-state index in [1.54, 1.807) is 7.11 Å². The Morgan fingerprint density at radius 3 is 2.44 bits per heavy atom. The summed E-state index contributed by atoms with van der Waals surface area (Å²) in [6, 6.07) is 15.4. The standard InChI is InChI=1S/C27H34N2O3/c1-4-18(2)28-26(30)24-22-12-8-9-13-23(22)27(31)29(20-10-6-5-7-11-20)25(24)19-14-16-21(32-3)17-15-19/h8-9,12-18,20,24-25H,4-7,10-11H2,1-3H3,(H,28,30)/t18-,24-,25-/m0/s1. The molecule has 4 rings (SSSR count). The van der Waals surface area contributed by atoms with Crippen molar-refractivity contribution in [1.82, 2.24) is 10.2 Å². The summed E-state index contributed by atoms with van der Waals surface area (Å²) in [6.07, 6.45) is 6.28. The number of benzene rings is 2. The molecule has 0 unspecified atom stereocenters. The number of hydrogen-bond acceptors (Lipinski definition) is 3. The van der Waals surface area contributed by atoms with Crippen LogP contribution in [0.25, 0.3) is 0 Å². The van der Waals surface area contributed by atoms with Crippen LogP contribution in [0.5, 0.6) is 5.75 Å². The van der Waals surface area contributed by atoms with Crippen molar-refractivity contribution in [2.75, 3.05) is 7.11 Å². The molecule has 1 fully saturated rings. The summed E-state index contributed by atoms with van der Waals surface area (Å²) in [4.78, 5) is 29.6. The maximum absolute atomic E-state index is 13.8. The number of nitrogens with one attached hydrogen (secondary N) is 1. The van der Waals surface area contributed by atoms with Crippen molar-refractivity contribution in [2.24, 2.45) is 0 Å². The number of ether oxygens (including phenoxy) is 1. The fraction of sp³-hybridized carbons (Fsp3) is 0.481. The van der Waals surface area contributed by atoms with Gasteiger partial charge in [0.2, 0.25) is 5.91 Å². The van der Waals surface area contributed by atoms with Crippen LogP contribution in [0.1, 0.15) is 85.8 Å². The predicted molar refractivity (Wildman–Crippen MR) is 126 cm³/mol. The molecule has 3 atom stereocenters. The molecule has 1 aliphatic heterocycles. The first-order valence-electron chi connectivity index (χ1n) is 11.9. The molecule has 0 bridgehead atoms. The summed E-state index contributed by atoms with van der Waals surface area (Å²) in [7, 11) is 1.64. The van der Waals surface area contributed by atoms with E-state index in [-0.39, 0.29) is 29.9 Å². The van der Waals surface area contributed by atoms with Gasteiger partial charge in [-0.25, -0.2) is 0 Å². The molecule has 5 heteroatoms. The Balaban J connectivity index is 1.86. The topological polar surface area (TPSA) is 58.6 Å². The maximum atomic E-state index is 13.8. The lowest BCUT2D eigenvalue weighted by molar-refractivity contribution is -0.125. The Morgan fingerprint density at radius 2 is 1.78 bits per heavy atom. The van der Waals surface area contributed by atoms with E-state index in [2.05, 4.69) is 12.2 Å². The van der Waals surface area contributed by atoms with Crippen molar-refractivity contribution >= 4 is 11.8 Å². The van der Waals surface area contributed by atoms with E-state index in [1.165, 1.54) is 6.42 Å². The lowest BCUT2D eigenvalue weighted by Gasteiger charge is -2.47. The van der Waals surface area contributed by atoms with E-state index in [1.807, 2.05) is 60.4 Å². The van der Waals surface area contributed by atoms with E-state index in [9.17, 15) is 9.59 Å². The fourth-order valence-corrected chi connectivity index (χ4v) is 5.18. The Kier molecular flexibility index (Phi) is 6.83.